The monoisotopic (exact) mass is 353 g/mol. The van der Waals surface area contributed by atoms with Crippen molar-refractivity contribution in [1.29, 1.82) is 0 Å². The Hall–Kier alpha value is -2.18. The van der Waals surface area contributed by atoms with Crippen LogP contribution in [0.15, 0.2) is 53.4 Å². The number of nitrogens with one attached hydrogen (secondary N) is 1. The molecule has 0 bridgehead atoms. The Balaban J connectivity index is 2.10. The van der Waals surface area contributed by atoms with Crippen LogP contribution in [-0.2, 0) is 14.6 Å². The van der Waals surface area contributed by atoms with Crippen LogP contribution in [-0.4, -0.2) is 20.6 Å². The summed E-state index contributed by atoms with van der Waals surface area (Å²) in [7, 11) is -3.34. The van der Waals surface area contributed by atoms with E-state index < -0.39 is 21.6 Å². The van der Waals surface area contributed by atoms with Gasteiger partial charge in [0, 0.05) is 18.0 Å². The van der Waals surface area contributed by atoms with Crippen LogP contribution in [0.1, 0.15) is 5.56 Å². The number of sulfone groups is 1. The zero-order chi connectivity index (χ0) is 17.0. The van der Waals surface area contributed by atoms with Crippen LogP contribution in [0.2, 0.25) is 5.02 Å². The summed E-state index contributed by atoms with van der Waals surface area (Å²) in [6.45, 7) is 0. The maximum absolute atomic E-state index is 13.0. The molecule has 0 aromatic heterocycles. The third-order valence-corrected chi connectivity index (χ3v) is 4.30. The van der Waals surface area contributed by atoms with Crippen LogP contribution < -0.4 is 5.32 Å². The molecule has 1 N–H and O–H groups in total. The van der Waals surface area contributed by atoms with E-state index in [1.807, 2.05) is 0 Å². The lowest BCUT2D eigenvalue weighted by Crippen LogP contribution is -2.08. The highest BCUT2D eigenvalue weighted by atomic mass is 35.5. The molecule has 120 valence electrons. The van der Waals surface area contributed by atoms with Gasteiger partial charge in [-0.25, -0.2) is 12.8 Å². The maximum atomic E-state index is 13.0. The van der Waals surface area contributed by atoms with E-state index in [0.717, 1.165) is 6.26 Å². The lowest BCUT2D eigenvalue weighted by Gasteiger charge is -2.04. The normalized spacial score (nSPS) is 11.6. The van der Waals surface area contributed by atoms with Gasteiger partial charge in [0.25, 0.3) is 0 Å². The predicted octanol–water partition coefficient (Wildman–Crippen LogP) is 3.53. The van der Waals surface area contributed by atoms with Gasteiger partial charge in [0.05, 0.1) is 9.92 Å². The molecule has 2 rings (SSSR count). The second-order valence-electron chi connectivity index (χ2n) is 4.80. The standard InChI is InChI=1S/C16H13ClFNO3S/c1-23(21,22)13-4-2-3-12(10-13)19-16(20)8-6-11-5-7-15(18)14(17)9-11/h2-10H,1H3,(H,19,20). The van der Waals surface area contributed by atoms with E-state index >= 15 is 0 Å². The van der Waals surface area contributed by atoms with Crippen molar-refractivity contribution in [2.45, 2.75) is 4.90 Å². The highest BCUT2D eigenvalue weighted by Gasteiger charge is 2.08. The summed E-state index contributed by atoms with van der Waals surface area (Å²) in [5.41, 5.74) is 0.927. The first-order valence-electron chi connectivity index (χ1n) is 6.50. The average molecular weight is 354 g/mol. The van der Waals surface area contributed by atoms with Crippen molar-refractivity contribution in [3.63, 3.8) is 0 Å². The van der Waals surface area contributed by atoms with Crippen LogP contribution >= 0.6 is 11.6 Å². The van der Waals surface area contributed by atoms with E-state index in [0.29, 0.717) is 11.3 Å². The minimum absolute atomic E-state index is 0.0339. The summed E-state index contributed by atoms with van der Waals surface area (Å²) in [6.07, 6.45) is 3.81. The smallest absolute Gasteiger partial charge is 0.248 e. The van der Waals surface area contributed by atoms with Gasteiger partial charge in [0.2, 0.25) is 5.91 Å². The quantitative estimate of drug-likeness (QED) is 0.855. The molecule has 4 nitrogen and oxygen atoms in total. The number of anilines is 1. The Morgan fingerprint density at radius 3 is 2.61 bits per heavy atom. The molecule has 0 spiro atoms. The van der Waals surface area contributed by atoms with Gasteiger partial charge in [-0.05, 0) is 42.0 Å². The molecule has 0 aliphatic rings. The minimum Gasteiger partial charge on any atom is -0.322 e. The number of amides is 1. The minimum atomic E-state index is -3.34. The lowest BCUT2D eigenvalue weighted by atomic mass is 10.2. The fourth-order valence-corrected chi connectivity index (χ4v) is 2.63. The Morgan fingerprint density at radius 1 is 1.22 bits per heavy atom. The third-order valence-electron chi connectivity index (χ3n) is 2.90. The second-order valence-corrected chi connectivity index (χ2v) is 7.22. The number of rotatable bonds is 4. The fourth-order valence-electron chi connectivity index (χ4n) is 1.78. The van der Waals surface area contributed by atoms with Gasteiger partial charge >= 0.3 is 0 Å². The summed E-state index contributed by atoms with van der Waals surface area (Å²) < 4.78 is 36.0. The zero-order valence-corrected chi connectivity index (χ0v) is 13.7. The number of carbonyl (C=O) groups excluding carboxylic acids is 1. The molecular weight excluding hydrogens is 341 g/mol. The topological polar surface area (TPSA) is 63.2 Å². The summed E-state index contributed by atoms with van der Waals surface area (Å²) >= 11 is 5.65. The highest BCUT2D eigenvalue weighted by Crippen LogP contribution is 2.17. The number of hydrogen-bond donors (Lipinski definition) is 1. The number of carbonyl (C=O) groups is 1. The SMILES string of the molecule is CS(=O)(=O)c1cccc(NC(=O)C=Cc2ccc(F)c(Cl)c2)c1. The Morgan fingerprint density at radius 2 is 1.96 bits per heavy atom. The molecule has 0 heterocycles. The first-order chi connectivity index (χ1) is 10.8. The fraction of sp³-hybridized carbons (Fsp3) is 0.0625. The van der Waals surface area contributed by atoms with E-state index in [-0.39, 0.29) is 9.92 Å². The van der Waals surface area contributed by atoms with Crippen LogP contribution in [0.5, 0.6) is 0 Å². The van der Waals surface area contributed by atoms with E-state index in [2.05, 4.69) is 5.32 Å². The van der Waals surface area contributed by atoms with Crippen molar-refractivity contribution in [2.75, 3.05) is 11.6 Å². The Kier molecular flexibility index (Phi) is 5.18. The van der Waals surface area contributed by atoms with Crippen molar-refractivity contribution < 1.29 is 17.6 Å². The lowest BCUT2D eigenvalue weighted by molar-refractivity contribution is -0.111. The molecule has 7 heteroatoms. The van der Waals surface area contributed by atoms with Crippen molar-refractivity contribution in [3.8, 4) is 0 Å². The van der Waals surface area contributed by atoms with E-state index in [1.54, 1.807) is 6.07 Å². The molecule has 23 heavy (non-hydrogen) atoms. The van der Waals surface area contributed by atoms with Gasteiger partial charge in [-0.1, -0.05) is 23.7 Å². The van der Waals surface area contributed by atoms with Crippen LogP contribution in [0.25, 0.3) is 6.08 Å². The van der Waals surface area contributed by atoms with Crippen molar-refractivity contribution in [1.82, 2.24) is 0 Å². The highest BCUT2D eigenvalue weighted by molar-refractivity contribution is 7.90. The molecule has 1 amide bonds. The van der Waals surface area contributed by atoms with E-state index in [9.17, 15) is 17.6 Å². The average Bonchev–Trinajstić information content (AvgIpc) is 2.48. The molecule has 0 aliphatic carbocycles. The predicted molar refractivity (Wildman–Crippen MR) is 88.6 cm³/mol. The van der Waals surface area contributed by atoms with Gasteiger partial charge in [-0.15, -0.1) is 0 Å². The Bertz CT molecular complexity index is 879. The molecule has 0 fully saturated rings. The largest absolute Gasteiger partial charge is 0.322 e. The summed E-state index contributed by atoms with van der Waals surface area (Å²) in [6, 6.07) is 10.0. The number of hydrogen-bond acceptors (Lipinski definition) is 3. The molecular formula is C16H13ClFNO3S. The summed E-state index contributed by atoms with van der Waals surface area (Å²) in [5.74, 6) is -0.984. The third kappa shape index (κ3) is 4.91. The van der Waals surface area contributed by atoms with Crippen molar-refractivity contribution in [3.05, 3.63) is 64.9 Å². The van der Waals surface area contributed by atoms with Crippen molar-refractivity contribution >= 4 is 39.1 Å². The van der Waals surface area contributed by atoms with Crippen LogP contribution in [0.4, 0.5) is 10.1 Å². The molecule has 2 aromatic rings. The molecule has 0 atom stereocenters. The van der Waals surface area contributed by atoms with E-state index in [4.69, 9.17) is 11.6 Å². The zero-order valence-electron chi connectivity index (χ0n) is 12.1. The van der Waals surface area contributed by atoms with Crippen molar-refractivity contribution in [2.24, 2.45) is 0 Å². The van der Waals surface area contributed by atoms with E-state index in [1.165, 1.54) is 48.6 Å². The van der Waals surface area contributed by atoms with Gasteiger partial charge in [0.15, 0.2) is 9.84 Å². The van der Waals surface area contributed by atoms with Crippen LogP contribution in [0.3, 0.4) is 0 Å². The van der Waals surface area contributed by atoms with Gasteiger partial charge < -0.3 is 5.32 Å². The molecule has 0 aliphatic heterocycles. The maximum Gasteiger partial charge on any atom is 0.248 e. The molecule has 2 aromatic carbocycles. The summed E-state index contributed by atoms with van der Waals surface area (Å²) in [4.78, 5) is 12.0. The molecule has 0 unspecified atom stereocenters. The number of benzene rings is 2. The van der Waals surface area contributed by atoms with Gasteiger partial charge in [-0.3, -0.25) is 4.79 Å². The first-order valence-corrected chi connectivity index (χ1v) is 8.77. The van der Waals surface area contributed by atoms with Crippen LogP contribution in [0, 0.1) is 5.82 Å². The van der Waals surface area contributed by atoms with Gasteiger partial charge in [0.1, 0.15) is 5.82 Å². The molecule has 0 radical (unpaired) electrons. The second kappa shape index (κ2) is 6.93. The number of halogens is 2. The first kappa shape index (κ1) is 17.2. The van der Waals surface area contributed by atoms with Gasteiger partial charge in [-0.2, -0.15) is 0 Å². The Labute approximate surface area is 138 Å². The molecule has 0 saturated carbocycles. The molecule has 0 saturated heterocycles. The summed E-state index contributed by atoms with van der Waals surface area (Å²) in [5, 5.41) is 2.52.